The van der Waals surface area contributed by atoms with E-state index in [1.54, 1.807) is 0 Å². The Bertz CT molecular complexity index is 702. The minimum Gasteiger partial charge on any atom is -0.383 e. The number of hydrogen-bond donors (Lipinski definition) is 3. The van der Waals surface area contributed by atoms with Crippen LogP contribution in [0.5, 0.6) is 0 Å². The number of unbranched alkanes of at least 4 members (excludes halogenated alkanes) is 1. The monoisotopic (exact) mass is 250 g/mol. The fourth-order valence-corrected chi connectivity index (χ4v) is 1.74. The SMILES string of the molecule is CCCCn1c(=O)[nH]c(=O)c2c(N)nc(N)nc21. The van der Waals surface area contributed by atoms with E-state index in [2.05, 4.69) is 15.0 Å². The van der Waals surface area contributed by atoms with Gasteiger partial charge in [-0.2, -0.15) is 9.97 Å². The van der Waals surface area contributed by atoms with Gasteiger partial charge in [-0.15, -0.1) is 0 Å². The highest BCUT2D eigenvalue weighted by molar-refractivity contribution is 5.85. The van der Waals surface area contributed by atoms with Crippen LogP contribution in [-0.4, -0.2) is 19.5 Å². The number of nitrogens with two attached hydrogens (primary N) is 2. The van der Waals surface area contributed by atoms with Crippen LogP contribution in [0.15, 0.2) is 9.59 Å². The Kier molecular flexibility index (Phi) is 3.00. The van der Waals surface area contributed by atoms with Crippen LogP contribution in [0.4, 0.5) is 11.8 Å². The van der Waals surface area contributed by atoms with Crippen LogP contribution in [0.2, 0.25) is 0 Å². The van der Waals surface area contributed by atoms with Crippen LogP contribution in [0.1, 0.15) is 19.8 Å². The standard InChI is InChI=1S/C10H14N6O2/c1-2-3-4-16-7-5(8(17)15-10(16)18)6(11)13-9(12)14-7/h2-4H2,1H3,(H,15,17,18)(H4,11,12,13,14). The Morgan fingerprint density at radius 1 is 1.28 bits per heavy atom. The summed E-state index contributed by atoms with van der Waals surface area (Å²) >= 11 is 0. The Labute approximate surface area is 102 Å². The summed E-state index contributed by atoms with van der Waals surface area (Å²) in [6, 6.07) is 0. The van der Waals surface area contributed by atoms with Crippen molar-refractivity contribution in [3.63, 3.8) is 0 Å². The molecule has 0 saturated carbocycles. The fourth-order valence-electron chi connectivity index (χ4n) is 1.74. The number of nitrogens with one attached hydrogen (secondary N) is 1. The predicted molar refractivity (Wildman–Crippen MR) is 68.2 cm³/mol. The van der Waals surface area contributed by atoms with E-state index in [-0.39, 0.29) is 22.8 Å². The van der Waals surface area contributed by atoms with Crippen molar-refractivity contribution in [3.05, 3.63) is 20.8 Å². The zero-order valence-corrected chi connectivity index (χ0v) is 9.93. The minimum absolute atomic E-state index is 0.0241. The molecule has 5 N–H and O–H groups in total. The molecule has 0 aliphatic heterocycles. The van der Waals surface area contributed by atoms with E-state index in [1.807, 2.05) is 6.92 Å². The number of hydrogen-bond acceptors (Lipinski definition) is 6. The molecule has 0 unspecified atom stereocenters. The number of H-pyrrole nitrogens is 1. The molecule has 0 bridgehead atoms. The molecular formula is C10H14N6O2. The van der Waals surface area contributed by atoms with Gasteiger partial charge in [0.05, 0.1) is 0 Å². The Morgan fingerprint density at radius 2 is 2.00 bits per heavy atom. The minimum atomic E-state index is -0.597. The highest BCUT2D eigenvalue weighted by Gasteiger charge is 2.13. The molecule has 0 atom stereocenters. The zero-order valence-electron chi connectivity index (χ0n) is 9.93. The molecule has 18 heavy (non-hydrogen) atoms. The lowest BCUT2D eigenvalue weighted by Gasteiger charge is -2.09. The van der Waals surface area contributed by atoms with Crippen LogP contribution in [0.25, 0.3) is 11.0 Å². The molecule has 0 aliphatic rings. The van der Waals surface area contributed by atoms with E-state index >= 15 is 0 Å². The summed E-state index contributed by atoms with van der Waals surface area (Å²) in [4.78, 5) is 33.3. The summed E-state index contributed by atoms with van der Waals surface area (Å²) in [6.07, 6.45) is 1.69. The normalized spacial score (nSPS) is 10.9. The summed E-state index contributed by atoms with van der Waals surface area (Å²) < 4.78 is 1.36. The molecule has 0 aliphatic carbocycles. The van der Waals surface area contributed by atoms with Crippen molar-refractivity contribution in [2.75, 3.05) is 11.5 Å². The molecule has 8 heteroatoms. The largest absolute Gasteiger partial charge is 0.383 e. The maximum absolute atomic E-state index is 11.7. The summed E-state index contributed by atoms with van der Waals surface area (Å²) in [5.74, 6) is -0.0840. The average Bonchev–Trinajstić information content (AvgIpc) is 2.27. The number of anilines is 2. The second kappa shape index (κ2) is 4.47. The van der Waals surface area contributed by atoms with Crippen molar-refractivity contribution in [1.82, 2.24) is 19.5 Å². The van der Waals surface area contributed by atoms with Gasteiger partial charge in [0, 0.05) is 6.54 Å². The average molecular weight is 250 g/mol. The molecule has 2 aromatic heterocycles. The summed E-state index contributed by atoms with van der Waals surface area (Å²) in [5.41, 5.74) is 10.2. The number of nitrogens with zero attached hydrogens (tertiary/aromatic N) is 3. The third-order valence-electron chi connectivity index (χ3n) is 2.62. The van der Waals surface area contributed by atoms with E-state index in [1.165, 1.54) is 4.57 Å². The van der Waals surface area contributed by atoms with Crippen molar-refractivity contribution >= 4 is 22.8 Å². The Balaban J connectivity index is 2.84. The number of aromatic nitrogens is 4. The third-order valence-corrected chi connectivity index (χ3v) is 2.62. The third kappa shape index (κ3) is 1.92. The lowest BCUT2D eigenvalue weighted by Crippen LogP contribution is -2.32. The number of aromatic amines is 1. The van der Waals surface area contributed by atoms with Crippen LogP contribution in [-0.2, 0) is 6.54 Å². The maximum atomic E-state index is 11.7. The molecule has 0 amide bonds. The highest BCUT2D eigenvalue weighted by Crippen LogP contribution is 2.13. The predicted octanol–water partition coefficient (Wildman–Crippen LogP) is -0.556. The topological polar surface area (TPSA) is 133 Å². The molecule has 0 radical (unpaired) electrons. The van der Waals surface area contributed by atoms with Crippen LogP contribution in [0.3, 0.4) is 0 Å². The van der Waals surface area contributed by atoms with Gasteiger partial charge in [0.2, 0.25) is 5.95 Å². The van der Waals surface area contributed by atoms with E-state index in [4.69, 9.17) is 11.5 Å². The first kappa shape index (κ1) is 12.1. The summed E-state index contributed by atoms with van der Waals surface area (Å²) in [5, 5.41) is 0.0971. The van der Waals surface area contributed by atoms with Crippen molar-refractivity contribution in [3.8, 4) is 0 Å². The number of aryl methyl sites for hydroxylation is 1. The maximum Gasteiger partial charge on any atom is 0.330 e. The van der Waals surface area contributed by atoms with Gasteiger partial charge >= 0.3 is 5.69 Å². The van der Waals surface area contributed by atoms with Crippen molar-refractivity contribution in [2.24, 2.45) is 0 Å². The van der Waals surface area contributed by atoms with E-state index in [0.717, 1.165) is 12.8 Å². The molecule has 2 aromatic rings. The van der Waals surface area contributed by atoms with Crippen LogP contribution in [0, 0.1) is 0 Å². The van der Waals surface area contributed by atoms with E-state index in [9.17, 15) is 9.59 Å². The van der Waals surface area contributed by atoms with Gasteiger partial charge in [-0.05, 0) is 6.42 Å². The Morgan fingerprint density at radius 3 is 2.67 bits per heavy atom. The van der Waals surface area contributed by atoms with E-state index in [0.29, 0.717) is 6.54 Å². The molecule has 96 valence electrons. The number of rotatable bonds is 3. The van der Waals surface area contributed by atoms with Crippen LogP contribution >= 0.6 is 0 Å². The molecule has 2 heterocycles. The first-order valence-electron chi connectivity index (χ1n) is 5.60. The van der Waals surface area contributed by atoms with Gasteiger partial charge in [0.25, 0.3) is 5.56 Å². The molecule has 0 spiro atoms. The van der Waals surface area contributed by atoms with Gasteiger partial charge in [-0.1, -0.05) is 13.3 Å². The van der Waals surface area contributed by atoms with Crippen molar-refractivity contribution in [2.45, 2.75) is 26.3 Å². The molecule has 8 nitrogen and oxygen atoms in total. The van der Waals surface area contributed by atoms with Gasteiger partial charge in [-0.25, -0.2) is 4.79 Å². The van der Waals surface area contributed by atoms with Gasteiger partial charge in [-0.3, -0.25) is 14.3 Å². The molecule has 0 fully saturated rings. The number of fused-ring (bicyclic) bond motifs is 1. The first-order chi connectivity index (χ1) is 8.54. The molecule has 0 aromatic carbocycles. The summed E-state index contributed by atoms with van der Waals surface area (Å²) in [7, 11) is 0. The number of nitrogen functional groups attached to an aromatic ring is 2. The Hall–Kier alpha value is -2.38. The molecule has 0 saturated heterocycles. The molecule has 2 rings (SSSR count). The summed E-state index contributed by atoms with van der Waals surface area (Å²) in [6.45, 7) is 2.44. The van der Waals surface area contributed by atoms with E-state index < -0.39 is 11.2 Å². The van der Waals surface area contributed by atoms with Gasteiger partial charge in [0.1, 0.15) is 11.2 Å². The second-order valence-corrected chi connectivity index (χ2v) is 3.93. The van der Waals surface area contributed by atoms with Crippen molar-refractivity contribution < 1.29 is 0 Å². The van der Waals surface area contributed by atoms with Crippen molar-refractivity contribution in [1.29, 1.82) is 0 Å². The smallest absolute Gasteiger partial charge is 0.330 e. The lowest BCUT2D eigenvalue weighted by molar-refractivity contribution is 0.612. The fraction of sp³-hybridized carbons (Fsp3) is 0.400. The highest BCUT2D eigenvalue weighted by atomic mass is 16.2. The first-order valence-corrected chi connectivity index (χ1v) is 5.60. The van der Waals surface area contributed by atoms with Gasteiger partial charge in [0.15, 0.2) is 5.65 Å². The zero-order chi connectivity index (χ0) is 13.3. The second-order valence-electron chi connectivity index (χ2n) is 3.93. The quantitative estimate of drug-likeness (QED) is 0.669. The molecular weight excluding hydrogens is 236 g/mol. The lowest BCUT2D eigenvalue weighted by atomic mass is 10.3. The van der Waals surface area contributed by atoms with Crippen LogP contribution < -0.4 is 22.7 Å². The van der Waals surface area contributed by atoms with Gasteiger partial charge < -0.3 is 11.5 Å².